The largest absolute Gasteiger partial charge is 0.327 e. The van der Waals surface area contributed by atoms with Gasteiger partial charge in [-0.1, -0.05) is 13.8 Å². The number of likely N-dealkylation sites (N-methyl/N-ethyl adjacent to an activating group) is 1. The Morgan fingerprint density at radius 3 is 2.59 bits per heavy atom. The van der Waals surface area contributed by atoms with Gasteiger partial charge in [0.2, 0.25) is 0 Å². The summed E-state index contributed by atoms with van der Waals surface area (Å²) < 4.78 is 1.87. The van der Waals surface area contributed by atoms with Crippen LogP contribution >= 0.6 is 0 Å². The van der Waals surface area contributed by atoms with Gasteiger partial charge < -0.3 is 10.6 Å². The van der Waals surface area contributed by atoms with Crippen molar-refractivity contribution in [3.8, 4) is 0 Å². The zero-order valence-electron chi connectivity index (χ0n) is 11.8. The summed E-state index contributed by atoms with van der Waals surface area (Å²) in [7, 11) is 4.08. The topological polar surface area (TPSA) is 47.1 Å². The number of hydrogen-bond donors (Lipinski definition) is 1. The van der Waals surface area contributed by atoms with E-state index in [0.717, 1.165) is 25.2 Å². The molecule has 0 bridgehead atoms. The number of aryl methyl sites for hydroxylation is 2. The van der Waals surface area contributed by atoms with Crippen LogP contribution in [0.25, 0.3) is 0 Å². The Bertz CT molecular complexity index is 343. The molecule has 0 radical (unpaired) electrons. The van der Waals surface area contributed by atoms with Crippen LogP contribution in [0.2, 0.25) is 0 Å². The van der Waals surface area contributed by atoms with Gasteiger partial charge in [0.25, 0.3) is 0 Å². The lowest BCUT2D eigenvalue weighted by molar-refractivity contribution is 0.286. The number of nitrogens with zero attached hydrogens (tertiary/aromatic N) is 3. The van der Waals surface area contributed by atoms with Gasteiger partial charge in [-0.15, -0.1) is 0 Å². The van der Waals surface area contributed by atoms with Crippen LogP contribution in [-0.2, 0) is 13.6 Å². The predicted molar refractivity (Wildman–Crippen MR) is 71.7 cm³/mol. The molecule has 1 atom stereocenters. The maximum absolute atomic E-state index is 6.11. The molecule has 0 fully saturated rings. The molecule has 1 heterocycles. The standard InChI is InChI=1S/C13H26N4/c1-10(2)6-13(14)9-16(4)7-12-8-17(5)15-11(12)3/h8,10,13H,6-7,9,14H2,1-5H3. The molecule has 0 aromatic carbocycles. The lowest BCUT2D eigenvalue weighted by Crippen LogP contribution is -2.35. The normalized spacial score (nSPS) is 13.6. The van der Waals surface area contributed by atoms with Crippen molar-refractivity contribution in [3.05, 3.63) is 17.5 Å². The summed E-state index contributed by atoms with van der Waals surface area (Å²) in [4.78, 5) is 2.27. The highest BCUT2D eigenvalue weighted by Crippen LogP contribution is 2.09. The quantitative estimate of drug-likeness (QED) is 0.817. The number of hydrogen-bond acceptors (Lipinski definition) is 3. The van der Waals surface area contributed by atoms with Gasteiger partial charge in [0.1, 0.15) is 0 Å². The fraction of sp³-hybridized carbons (Fsp3) is 0.769. The monoisotopic (exact) mass is 238 g/mol. The average Bonchev–Trinajstić information content (AvgIpc) is 2.42. The van der Waals surface area contributed by atoms with Crippen molar-refractivity contribution >= 4 is 0 Å². The van der Waals surface area contributed by atoms with E-state index in [1.807, 2.05) is 11.7 Å². The second kappa shape index (κ2) is 6.17. The van der Waals surface area contributed by atoms with E-state index in [0.29, 0.717) is 5.92 Å². The third-order valence-electron chi connectivity index (χ3n) is 2.88. The van der Waals surface area contributed by atoms with E-state index >= 15 is 0 Å². The average molecular weight is 238 g/mol. The molecule has 4 heteroatoms. The fourth-order valence-corrected chi connectivity index (χ4v) is 2.24. The molecule has 4 nitrogen and oxygen atoms in total. The molecule has 17 heavy (non-hydrogen) atoms. The first-order chi connectivity index (χ1) is 7.88. The molecule has 0 amide bonds. The Hall–Kier alpha value is -0.870. The van der Waals surface area contributed by atoms with Gasteiger partial charge in [-0.2, -0.15) is 5.10 Å². The molecule has 0 aliphatic heterocycles. The predicted octanol–water partition coefficient (Wildman–Crippen LogP) is 1.53. The zero-order valence-corrected chi connectivity index (χ0v) is 11.8. The number of rotatable bonds is 6. The molecule has 1 aromatic heterocycles. The smallest absolute Gasteiger partial charge is 0.0638 e. The van der Waals surface area contributed by atoms with Crippen LogP contribution in [0.4, 0.5) is 0 Å². The summed E-state index contributed by atoms with van der Waals surface area (Å²) in [5.41, 5.74) is 8.50. The molecule has 0 spiro atoms. The molecule has 0 aliphatic rings. The summed E-state index contributed by atoms with van der Waals surface area (Å²) in [5, 5.41) is 4.35. The van der Waals surface area contributed by atoms with E-state index in [-0.39, 0.29) is 6.04 Å². The van der Waals surface area contributed by atoms with Crippen LogP contribution in [-0.4, -0.2) is 34.3 Å². The van der Waals surface area contributed by atoms with Crippen LogP contribution < -0.4 is 5.73 Å². The highest BCUT2D eigenvalue weighted by Gasteiger charge is 2.11. The van der Waals surface area contributed by atoms with E-state index in [2.05, 4.69) is 44.0 Å². The van der Waals surface area contributed by atoms with Crippen molar-refractivity contribution in [1.29, 1.82) is 0 Å². The zero-order chi connectivity index (χ0) is 13.0. The van der Waals surface area contributed by atoms with E-state index < -0.39 is 0 Å². The van der Waals surface area contributed by atoms with Gasteiger partial charge in [-0.05, 0) is 26.3 Å². The lowest BCUT2D eigenvalue weighted by atomic mass is 10.0. The van der Waals surface area contributed by atoms with Gasteiger partial charge in [-0.3, -0.25) is 4.68 Å². The van der Waals surface area contributed by atoms with Crippen molar-refractivity contribution in [2.75, 3.05) is 13.6 Å². The van der Waals surface area contributed by atoms with Gasteiger partial charge in [0.05, 0.1) is 5.69 Å². The van der Waals surface area contributed by atoms with E-state index in [1.165, 1.54) is 5.56 Å². The Labute approximate surface area is 105 Å². The molecule has 0 saturated carbocycles. The van der Waals surface area contributed by atoms with E-state index in [4.69, 9.17) is 5.73 Å². The second-order valence-corrected chi connectivity index (χ2v) is 5.50. The fourth-order valence-electron chi connectivity index (χ4n) is 2.24. The minimum absolute atomic E-state index is 0.261. The SMILES string of the molecule is Cc1nn(C)cc1CN(C)CC(N)CC(C)C. The molecule has 0 aliphatic carbocycles. The van der Waals surface area contributed by atoms with E-state index in [1.54, 1.807) is 0 Å². The Kier molecular flexibility index (Phi) is 5.15. The Morgan fingerprint density at radius 1 is 1.47 bits per heavy atom. The first-order valence-electron chi connectivity index (χ1n) is 6.31. The molecular formula is C13H26N4. The van der Waals surface area contributed by atoms with Crippen molar-refractivity contribution < 1.29 is 0 Å². The molecule has 1 unspecified atom stereocenters. The van der Waals surface area contributed by atoms with Crippen LogP contribution in [0.15, 0.2) is 6.20 Å². The van der Waals surface area contributed by atoms with Gasteiger partial charge in [0.15, 0.2) is 0 Å². The molecule has 98 valence electrons. The summed E-state index contributed by atoms with van der Waals surface area (Å²) in [6.45, 7) is 8.34. The molecular weight excluding hydrogens is 212 g/mol. The third-order valence-corrected chi connectivity index (χ3v) is 2.88. The van der Waals surface area contributed by atoms with E-state index in [9.17, 15) is 0 Å². The lowest BCUT2D eigenvalue weighted by Gasteiger charge is -2.22. The maximum atomic E-state index is 6.11. The van der Waals surface area contributed by atoms with Gasteiger partial charge >= 0.3 is 0 Å². The Morgan fingerprint density at radius 2 is 2.12 bits per heavy atom. The number of nitrogens with two attached hydrogens (primary N) is 1. The van der Waals surface area contributed by atoms with Crippen molar-refractivity contribution in [2.45, 2.75) is 39.8 Å². The van der Waals surface area contributed by atoms with Crippen LogP contribution in [0.3, 0.4) is 0 Å². The molecule has 1 aromatic rings. The van der Waals surface area contributed by atoms with Crippen LogP contribution in [0.5, 0.6) is 0 Å². The van der Waals surface area contributed by atoms with Crippen LogP contribution in [0.1, 0.15) is 31.5 Å². The molecule has 1 rings (SSSR count). The molecule has 0 saturated heterocycles. The summed E-state index contributed by atoms with van der Waals surface area (Å²) in [6, 6.07) is 0.261. The first kappa shape index (κ1) is 14.2. The minimum atomic E-state index is 0.261. The summed E-state index contributed by atoms with van der Waals surface area (Å²) in [5.74, 6) is 0.665. The third kappa shape index (κ3) is 4.88. The van der Waals surface area contributed by atoms with Crippen molar-refractivity contribution in [1.82, 2.24) is 14.7 Å². The van der Waals surface area contributed by atoms with Crippen molar-refractivity contribution in [3.63, 3.8) is 0 Å². The second-order valence-electron chi connectivity index (χ2n) is 5.50. The molecule has 2 N–H and O–H groups in total. The first-order valence-corrected chi connectivity index (χ1v) is 6.31. The highest BCUT2D eigenvalue weighted by atomic mass is 15.3. The summed E-state index contributed by atoms with van der Waals surface area (Å²) >= 11 is 0. The minimum Gasteiger partial charge on any atom is -0.327 e. The maximum Gasteiger partial charge on any atom is 0.0638 e. The summed E-state index contributed by atoms with van der Waals surface area (Å²) in [6.07, 6.45) is 3.16. The Balaban J connectivity index is 2.44. The highest BCUT2D eigenvalue weighted by molar-refractivity contribution is 5.14. The van der Waals surface area contributed by atoms with Gasteiger partial charge in [0, 0.05) is 37.9 Å². The van der Waals surface area contributed by atoms with Crippen LogP contribution in [0, 0.1) is 12.8 Å². The number of aromatic nitrogens is 2. The van der Waals surface area contributed by atoms with Crippen molar-refractivity contribution in [2.24, 2.45) is 18.7 Å². The van der Waals surface area contributed by atoms with Gasteiger partial charge in [-0.25, -0.2) is 0 Å².